The lowest BCUT2D eigenvalue weighted by Crippen LogP contribution is -2.14. The van der Waals surface area contributed by atoms with Gasteiger partial charge in [0.1, 0.15) is 5.78 Å². The normalized spacial score (nSPS) is 10.3. The second-order valence-corrected chi connectivity index (χ2v) is 3.97. The molecule has 0 fully saturated rings. The van der Waals surface area contributed by atoms with Crippen LogP contribution in [-0.2, 0) is 4.79 Å². The second-order valence-electron chi connectivity index (χ2n) is 3.97. The minimum atomic E-state index is 0.121. The van der Waals surface area contributed by atoms with Crippen LogP contribution in [0.25, 0.3) is 0 Å². The summed E-state index contributed by atoms with van der Waals surface area (Å²) in [6.45, 7) is 7.72. The average Bonchev–Trinajstić information content (AvgIpc) is 1.84. The first-order valence-electron chi connectivity index (χ1n) is 4.37. The summed E-state index contributed by atoms with van der Waals surface area (Å²) in [5, 5.41) is 0. The highest BCUT2D eigenvalue weighted by atomic mass is 16.1. The molecule has 0 amide bonds. The lowest BCUT2D eigenvalue weighted by molar-refractivity contribution is -0.118. The van der Waals surface area contributed by atoms with Crippen molar-refractivity contribution >= 4 is 5.78 Å². The Labute approximate surface area is 75.5 Å². The summed E-state index contributed by atoms with van der Waals surface area (Å²) in [6, 6.07) is 0. The van der Waals surface area contributed by atoms with Gasteiger partial charge in [-0.3, -0.25) is 0 Å². The van der Waals surface area contributed by atoms with E-state index in [0.29, 0.717) is 6.42 Å². The molecule has 1 heteroatoms. The molecule has 0 saturated heterocycles. The third-order valence-electron chi connectivity index (χ3n) is 1.83. The van der Waals surface area contributed by atoms with Gasteiger partial charge in [0, 0.05) is 12.8 Å². The first kappa shape index (κ1) is 11.2. The number of hydrogen-bond donors (Lipinski definition) is 0. The summed E-state index contributed by atoms with van der Waals surface area (Å²) in [4.78, 5) is 10.9. The van der Waals surface area contributed by atoms with Gasteiger partial charge in [-0.2, -0.15) is 0 Å². The van der Waals surface area contributed by atoms with E-state index in [0.717, 1.165) is 12.8 Å². The quantitative estimate of drug-likeness (QED) is 0.587. The molecule has 0 unspecified atom stereocenters. The highest BCUT2D eigenvalue weighted by molar-refractivity contribution is 5.76. The first-order chi connectivity index (χ1) is 5.48. The molecule has 68 valence electrons. The smallest absolute Gasteiger partial charge is 0.130 e. The monoisotopic (exact) mass is 166 g/mol. The molecule has 0 heterocycles. The lowest BCUT2D eigenvalue weighted by atomic mass is 9.83. The molecule has 0 aromatic carbocycles. The SMILES string of the molecule is CC#CCCC(C)(C)CC(C)=O. The molecule has 0 atom stereocenters. The average molecular weight is 166 g/mol. The van der Waals surface area contributed by atoms with E-state index in [4.69, 9.17) is 0 Å². The van der Waals surface area contributed by atoms with E-state index in [1.807, 2.05) is 6.92 Å². The van der Waals surface area contributed by atoms with Crippen molar-refractivity contribution in [2.24, 2.45) is 5.41 Å². The standard InChI is InChI=1S/C11H18O/c1-5-6-7-8-11(3,4)9-10(2)12/h7-9H2,1-4H3. The predicted octanol–water partition coefficient (Wildman–Crippen LogP) is 2.80. The largest absolute Gasteiger partial charge is 0.300 e. The van der Waals surface area contributed by atoms with Gasteiger partial charge in [0.05, 0.1) is 0 Å². The van der Waals surface area contributed by atoms with Gasteiger partial charge in [-0.05, 0) is 25.7 Å². The van der Waals surface area contributed by atoms with Crippen LogP contribution in [0.3, 0.4) is 0 Å². The summed E-state index contributed by atoms with van der Waals surface area (Å²) in [6.07, 6.45) is 2.57. The Balaban J connectivity index is 3.83. The summed E-state index contributed by atoms with van der Waals surface area (Å²) in [5.41, 5.74) is 0.121. The van der Waals surface area contributed by atoms with Gasteiger partial charge in [-0.1, -0.05) is 13.8 Å². The van der Waals surface area contributed by atoms with Crippen LogP contribution < -0.4 is 0 Å². The van der Waals surface area contributed by atoms with Crippen LogP contribution in [0.4, 0.5) is 0 Å². The van der Waals surface area contributed by atoms with Gasteiger partial charge in [0.15, 0.2) is 0 Å². The molecule has 0 rings (SSSR count). The van der Waals surface area contributed by atoms with Crippen molar-refractivity contribution in [1.29, 1.82) is 0 Å². The molecule has 0 saturated carbocycles. The van der Waals surface area contributed by atoms with Crippen molar-refractivity contribution in [3.8, 4) is 11.8 Å². The maximum absolute atomic E-state index is 10.9. The molecule has 0 N–H and O–H groups in total. The van der Waals surface area contributed by atoms with E-state index in [9.17, 15) is 4.79 Å². The van der Waals surface area contributed by atoms with Crippen LogP contribution in [0.5, 0.6) is 0 Å². The first-order valence-corrected chi connectivity index (χ1v) is 4.37. The molecule has 0 aromatic heterocycles. The fourth-order valence-corrected chi connectivity index (χ4v) is 1.29. The van der Waals surface area contributed by atoms with Crippen LogP contribution >= 0.6 is 0 Å². The van der Waals surface area contributed by atoms with E-state index in [2.05, 4.69) is 25.7 Å². The molecular formula is C11H18O. The Morgan fingerprint density at radius 3 is 2.42 bits per heavy atom. The van der Waals surface area contributed by atoms with E-state index in [1.165, 1.54) is 0 Å². The molecule has 12 heavy (non-hydrogen) atoms. The minimum absolute atomic E-state index is 0.121. The minimum Gasteiger partial charge on any atom is -0.300 e. The van der Waals surface area contributed by atoms with Crippen LogP contribution in [-0.4, -0.2) is 5.78 Å². The van der Waals surface area contributed by atoms with Gasteiger partial charge < -0.3 is 4.79 Å². The van der Waals surface area contributed by atoms with Crippen molar-refractivity contribution in [1.82, 2.24) is 0 Å². The number of hydrogen-bond acceptors (Lipinski definition) is 1. The fraction of sp³-hybridized carbons (Fsp3) is 0.727. The molecule has 0 bridgehead atoms. The molecular weight excluding hydrogens is 148 g/mol. The van der Waals surface area contributed by atoms with Gasteiger partial charge >= 0.3 is 0 Å². The van der Waals surface area contributed by atoms with Crippen LogP contribution in [0.15, 0.2) is 0 Å². The summed E-state index contributed by atoms with van der Waals surface area (Å²) >= 11 is 0. The third kappa shape index (κ3) is 5.97. The molecule has 0 aliphatic heterocycles. The number of Topliss-reactive ketones (excluding diaryl/α,β-unsaturated/α-hetero) is 1. The Hall–Kier alpha value is -0.770. The molecule has 0 aromatic rings. The lowest BCUT2D eigenvalue weighted by Gasteiger charge is -2.21. The molecule has 0 aliphatic rings. The molecule has 0 spiro atoms. The molecule has 0 aliphatic carbocycles. The summed E-state index contributed by atoms with van der Waals surface area (Å²) in [5.74, 6) is 6.14. The molecule has 1 nitrogen and oxygen atoms in total. The van der Waals surface area contributed by atoms with Crippen molar-refractivity contribution in [3.63, 3.8) is 0 Å². The zero-order valence-electron chi connectivity index (χ0n) is 8.53. The number of ketones is 1. The summed E-state index contributed by atoms with van der Waals surface area (Å²) < 4.78 is 0. The van der Waals surface area contributed by atoms with Crippen molar-refractivity contribution in [2.75, 3.05) is 0 Å². The van der Waals surface area contributed by atoms with E-state index >= 15 is 0 Å². The highest BCUT2D eigenvalue weighted by Gasteiger charge is 2.18. The van der Waals surface area contributed by atoms with Crippen molar-refractivity contribution in [3.05, 3.63) is 0 Å². The third-order valence-corrected chi connectivity index (χ3v) is 1.83. The maximum atomic E-state index is 10.9. The number of rotatable bonds is 4. The van der Waals surface area contributed by atoms with Crippen LogP contribution in [0.1, 0.15) is 47.0 Å². The number of carbonyl (C=O) groups is 1. The van der Waals surface area contributed by atoms with E-state index < -0.39 is 0 Å². The predicted molar refractivity (Wildman–Crippen MR) is 51.8 cm³/mol. The van der Waals surface area contributed by atoms with Crippen molar-refractivity contribution in [2.45, 2.75) is 47.0 Å². The van der Waals surface area contributed by atoms with Gasteiger partial charge in [0.25, 0.3) is 0 Å². The number of carbonyl (C=O) groups excluding carboxylic acids is 1. The van der Waals surface area contributed by atoms with Gasteiger partial charge in [0.2, 0.25) is 0 Å². The Bertz CT molecular complexity index is 203. The van der Waals surface area contributed by atoms with Crippen LogP contribution in [0, 0.1) is 17.3 Å². The zero-order valence-corrected chi connectivity index (χ0v) is 8.53. The second kappa shape index (κ2) is 4.98. The van der Waals surface area contributed by atoms with E-state index in [1.54, 1.807) is 6.92 Å². The van der Waals surface area contributed by atoms with Crippen LogP contribution in [0.2, 0.25) is 0 Å². The van der Waals surface area contributed by atoms with E-state index in [-0.39, 0.29) is 11.2 Å². The van der Waals surface area contributed by atoms with Crippen molar-refractivity contribution < 1.29 is 4.79 Å². The maximum Gasteiger partial charge on any atom is 0.130 e. The Morgan fingerprint density at radius 1 is 1.42 bits per heavy atom. The summed E-state index contributed by atoms with van der Waals surface area (Å²) in [7, 11) is 0. The van der Waals surface area contributed by atoms with Gasteiger partial charge in [-0.25, -0.2) is 0 Å². The Kier molecular flexibility index (Phi) is 4.66. The zero-order chi connectivity index (χ0) is 9.61. The topological polar surface area (TPSA) is 17.1 Å². The highest BCUT2D eigenvalue weighted by Crippen LogP contribution is 2.26. The fourth-order valence-electron chi connectivity index (χ4n) is 1.29. The molecule has 0 radical (unpaired) electrons. The van der Waals surface area contributed by atoms with Gasteiger partial charge in [-0.15, -0.1) is 11.8 Å². The Morgan fingerprint density at radius 2 is 2.00 bits per heavy atom.